The Balaban J connectivity index is 1.43. The van der Waals surface area contributed by atoms with Gasteiger partial charge in [0, 0.05) is 47.6 Å². The number of benzene rings is 6. The fourth-order valence-electron chi connectivity index (χ4n) is 5.98. The molecular weight excluding hydrogens is 532 g/mol. The van der Waals surface area contributed by atoms with Gasteiger partial charge in [0.1, 0.15) is 17.2 Å². The first-order valence-corrected chi connectivity index (χ1v) is 14.4. The van der Waals surface area contributed by atoms with Gasteiger partial charge in [-0.25, -0.2) is 0 Å². The van der Waals surface area contributed by atoms with Gasteiger partial charge in [-0.3, -0.25) is 0 Å². The molecule has 0 amide bonds. The van der Waals surface area contributed by atoms with Crippen LogP contribution in [0.2, 0.25) is 0 Å². The number of nitrogens with zero attached hydrogens (tertiary/aromatic N) is 2. The van der Waals surface area contributed by atoms with Crippen molar-refractivity contribution >= 4 is 53.4 Å². The second-order valence-electron chi connectivity index (χ2n) is 10.3. The minimum atomic E-state index is 0.535. The molecule has 0 bridgehead atoms. The third kappa shape index (κ3) is 3.71. The van der Waals surface area contributed by atoms with E-state index in [9.17, 15) is 10.5 Å². The lowest BCUT2D eigenvalue weighted by molar-refractivity contribution is 0.669. The topological polar surface area (TPSA) is 60.7 Å². The minimum absolute atomic E-state index is 0.535. The van der Waals surface area contributed by atoms with Crippen molar-refractivity contribution in [3.63, 3.8) is 0 Å². The van der Waals surface area contributed by atoms with E-state index in [1.807, 2.05) is 48.5 Å². The average Bonchev–Trinajstić information content (AvgIpc) is 3.61. The van der Waals surface area contributed by atoms with Crippen LogP contribution in [0.1, 0.15) is 11.1 Å². The number of para-hydroxylation sites is 1. The van der Waals surface area contributed by atoms with E-state index < -0.39 is 0 Å². The largest absolute Gasteiger partial charge is 0.456 e. The molecule has 0 saturated heterocycles. The third-order valence-electron chi connectivity index (χ3n) is 7.99. The number of fused-ring (bicyclic) bond motifs is 6. The zero-order valence-electron chi connectivity index (χ0n) is 22.3. The summed E-state index contributed by atoms with van der Waals surface area (Å²) in [5.41, 5.74) is 8.05. The predicted molar refractivity (Wildman–Crippen MR) is 172 cm³/mol. The molecule has 2 aromatic heterocycles. The Morgan fingerprint density at radius 2 is 1.17 bits per heavy atom. The second kappa shape index (κ2) is 9.46. The summed E-state index contributed by atoms with van der Waals surface area (Å²) in [5.74, 6) is 0. The van der Waals surface area contributed by atoms with Gasteiger partial charge in [-0.05, 0) is 71.3 Å². The van der Waals surface area contributed by atoms with E-state index in [2.05, 4.69) is 78.9 Å². The molecule has 2 heterocycles. The molecule has 0 aliphatic rings. The Bertz CT molecular complexity index is 2450. The minimum Gasteiger partial charge on any atom is -0.456 e. The van der Waals surface area contributed by atoms with Crippen LogP contribution in [0.4, 0.5) is 0 Å². The van der Waals surface area contributed by atoms with Crippen molar-refractivity contribution in [1.29, 1.82) is 10.5 Å². The highest BCUT2D eigenvalue weighted by Crippen LogP contribution is 2.42. The van der Waals surface area contributed by atoms with Crippen LogP contribution in [-0.4, -0.2) is 0 Å². The van der Waals surface area contributed by atoms with Crippen LogP contribution in [0.3, 0.4) is 0 Å². The van der Waals surface area contributed by atoms with Gasteiger partial charge in [0.15, 0.2) is 0 Å². The van der Waals surface area contributed by atoms with E-state index in [4.69, 9.17) is 4.42 Å². The maximum Gasteiger partial charge on any atom is 0.135 e. The predicted octanol–water partition coefficient (Wildman–Crippen LogP) is 10.7. The molecule has 0 aliphatic carbocycles. The van der Waals surface area contributed by atoms with Crippen LogP contribution in [0.25, 0.3) is 75.5 Å². The van der Waals surface area contributed by atoms with Gasteiger partial charge in [-0.1, -0.05) is 66.7 Å². The summed E-state index contributed by atoms with van der Waals surface area (Å²) in [6.45, 7) is 0. The molecule has 8 rings (SSSR count). The highest BCUT2D eigenvalue weighted by molar-refractivity contribution is 7.25. The molecule has 0 N–H and O–H groups in total. The molecular formula is C38H20N2OS. The first kappa shape index (κ1) is 24.1. The van der Waals surface area contributed by atoms with Gasteiger partial charge >= 0.3 is 0 Å². The molecule has 4 heteroatoms. The molecule has 0 radical (unpaired) electrons. The molecule has 0 atom stereocenters. The van der Waals surface area contributed by atoms with Gasteiger partial charge in [-0.15, -0.1) is 11.3 Å². The highest BCUT2D eigenvalue weighted by atomic mass is 32.1. The fraction of sp³-hybridized carbons (Fsp3) is 0. The van der Waals surface area contributed by atoms with Crippen LogP contribution >= 0.6 is 11.3 Å². The maximum absolute atomic E-state index is 10.6. The fourth-order valence-corrected chi connectivity index (χ4v) is 7.07. The van der Waals surface area contributed by atoms with Crippen LogP contribution < -0.4 is 0 Å². The molecule has 0 unspecified atom stereocenters. The summed E-state index contributed by atoms with van der Waals surface area (Å²) in [7, 11) is 0. The molecule has 42 heavy (non-hydrogen) atoms. The molecule has 0 fully saturated rings. The van der Waals surface area contributed by atoms with E-state index >= 15 is 0 Å². The lowest BCUT2D eigenvalue weighted by Crippen LogP contribution is -1.94. The monoisotopic (exact) mass is 552 g/mol. The maximum atomic E-state index is 10.6. The number of nitriles is 2. The summed E-state index contributed by atoms with van der Waals surface area (Å²) in [6.07, 6.45) is 0. The molecule has 0 saturated carbocycles. The second-order valence-corrected chi connectivity index (χ2v) is 11.4. The Morgan fingerprint density at radius 3 is 2.05 bits per heavy atom. The lowest BCUT2D eigenvalue weighted by Gasteiger charge is -2.15. The summed E-state index contributed by atoms with van der Waals surface area (Å²) in [4.78, 5) is 0. The Labute approximate surface area is 245 Å². The standard InChI is InChI=1S/C38H20N2OS/c39-21-25-7-1-2-8-27(25)31-20-26(23-13-15-36-32(17-23)28-9-3-5-11-35(28)41-36)19-30(34(31)22-40)24-14-16-38-33(18-24)29-10-4-6-12-37(29)42-38/h1-20H. The van der Waals surface area contributed by atoms with Crippen LogP contribution in [0.5, 0.6) is 0 Å². The van der Waals surface area contributed by atoms with Crippen molar-refractivity contribution in [2.75, 3.05) is 0 Å². The summed E-state index contributed by atoms with van der Waals surface area (Å²) >= 11 is 1.77. The van der Waals surface area contributed by atoms with Gasteiger partial charge in [0.2, 0.25) is 0 Å². The van der Waals surface area contributed by atoms with Crippen LogP contribution in [-0.2, 0) is 0 Å². The molecule has 8 aromatic rings. The molecule has 6 aromatic carbocycles. The number of rotatable bonds is 3. The van der Waals surface area contributed by atoms with Gasteiger partial charge < -0.3 is 4.42 Å². The van der Waals surface area contributed by atoms with Gasteiger partial charge in [0.25, 0.3) is 0 Å². The molecule has 194 valence electrons. The van der Waals surface area contributed by atoms with Crippen molar-refractivity contribution in [3.8, 4) is 45.5 Å². The van der Waals surface area contributed by atoms with Crippen LogP contribution in [0.15, 0.2) is 126 Å². The summed E-state index contributed by atoms with van der Waals surface area (Å²) < 4.78 is 8.54. The third-order valence-corrected chi connectivity index (χ3v) is 9.14. The van der Waals surface area contributed by atoms with Crippen molar-refractivity contribution in [1.82, 2.24) is 0 Å². The van der Waals surface area contributed by atoms with E-state index in [-0.39, 0.29) is 0 Å². The average molecular weight is 553 g/mol. The first-order chi connectivity index (χ1) is 20.7. The smallest absolute Gasteiger partial charge is 0.135 e. The number of hydrogen-bond acceptors (Lipinski definition) is 4. The Morgan fingerprint density at radius 1 is 0.476 bits per heavy atom. The number of thiophene rings is 1. The molecule has 3 nitrogen and oxygen atoms in total. The number of furan rings is 1. The van der Waals surface area contributed by atoms with E-state index in [1.165, 1.54) is 20.2 Å². The number of hydrogen-bond donors (Lipinski definition) is 0. The van der Waals surface area contributed by atoms with Crippen molar-refractivity contribution < 1.29 is 4.42 Å². The van der Waals surface area contributed by atoms with Crippen molar-refractivity contribution in [2.24, 2.45) is 0 Å². The Hall–Kier alpha value is -5.68. The SMILES string of the molecule is N#Cc1ccccc1-c1cc(-c2ccc3oc4ccccc4c3c2)cc(-c2ccc3sc4ccccc4c3c2)c1C#N. The highest BCUT2D eigenvalue weighted by Gasteiger charge is 2.19. The van der Waals surface area contributed by atoms with E-state index in [0.717, 1.165) is 55.3 Å². The van der Waals surface area contributed by atoms with Crippen molar-refractivity contribution in [3.05, 3.63) is 132 Å². The molecule has 0 aliphatic heterocycles. The van der Waals surface area contributed by atoms with Crippen LogP contribution in [0, 0.1) is 22.7 Å². The van der Waals surface area contributed by atoms with Gasteiger partial charge in [-0.2, -0.15) is 10.5 Å². The van der Waals surface area contributed by atoms with Crippen molar-refractivity contribution in [2.45, 2.75) is 0 Å². The normalized spacial score (nSPS) is 11.3. The zero-order chi connectivity index (χ0) is 28.2. The summed E-state index contributed by atoms with van der Waals surface area (Å²) in [6, 6.07) is 45.6. The quantitative estimate of drug-likeness (QED) is 0.219. The molecule has 0 spiro atoms. The van der Waals surface area contributed by atoms with E-state index in [1.54, 1.807) is 17.4 Å². The zero-order valence-corrected chi connectivity index (χ0v) is 23.1. The van der Waals surface area contributed by atoms with Gasteiger partial charge in [0.05, 0.1) is 17.2 Å². The summed E-state index contributed by atoms with van der Waals surface area (Å²) in [5, 5.41) is 25.0. The Kier molecular flexibility index (Phi) is 5.44. The van der Waals surface area contributed by atoms with E-state index in [0.29, 0.717) is 11.1 Å². The lowest BCUT2D eigenvalue weighted by atomic mass is 9.86. The first-order valence-electron chi connectivity index (χ1n) is 13.6.